The van der Waals surface area contributed by atoms with Gasteiger partial charge in [-0.15, -0.1) is 0 Å². The standard InChI is InChI=1S/C21H26N2O3/c1-5-26-21(25)16-9-11-17(12-10-16)23-19(24)13-22-20-15(4)7-6-8-18(20)14(2)3/h6-12,14,22H,5,13H2,1-4H3,(H,23,24). The smallest absolute Gasteiger partial charge is 0.338 e. The Morgan fingerprint density at radius 1 is 1.08 bits per heavy atom. The van der Waals surface area contributed by atoms with Crippen molar-refractivity contribution in [3.63, 3.8) is 0 Å². The van der Waals surface area contributed by atoms with E-state index >= 15 is 0 Å². The largest absolute Gasteiger partial charge is 0.462 e. The van der Waals surface area contributed by atoms with Crippen LogP contribution < -0.4 is 10.6 Å². The van der Waals surface area contributed by atoms with Crippen LogP contribution in [0.1, 0.15) is 48.2 Å². The Labute approximate surface area is 154 Å². The van der Waals surface area contributed by atoms with E-state index in [1.807, 2.05) is 19.1 Å². The molecule has 0 radical (unpaired) electrons. The van der Waals surface area contributed by atoms with Gasteiger partial charge in [-0.3, -0.25) is 4.79 Å². The van der Waals surface area contributed by atoms with Crippen LogP contribution in [-0.2, 0) is 9.53 Å². The summed E-state index contributed by atoms with van der Waals surface area (Å²) in [5, 5.41) is 6.07. The van der Waals surface area contributed by atoms with Crippen molar-refractivity contribution >= 4 is 23.3 Å². The van der Waals surface area contributed by atoms with E-state index in [1.54, 1.807) is 31.2 Å². The molecule has 0 aliphatic carbocycles. The molecular weight excluding hydrogens is 328 g/mol. The van der Waals surface area contributed by atoms with Crippen LogP contribution in [0.3, 0.4) is 0 Å². The van der Waals surface area contributed by atoms with E-state index in [1.165, 1.54) is 5.56 Å². The Hall–Kier alpha value is -2.82. The minimum Gasteiger partial charge on any atom is -0.462 e. The number of para-hydroxylation sites is 1. The van der Waals surface area contributed by atoms with E-state index in [0.717, 1.165) is 11.3 Å². The molecule has 5 heteroatoms. The van der Waals surface area contributed by atoms with Crippen molar-refractivity contribution in [2.24, 2.45) is 0 Å². The molecule has 138 valence electrons. The summed E-state index contributed by atoms with van der Waals surface area (Å²) in [5.41, 5.74) is 4.41. The molecule has 2 aromatic carbocycles. The topological polar surface area (TPSA) is 67.4 Å². The molecule has 2 rings (SSSR count). The zero-order valence-electron chi connectivity index (χ0n) is 15.8. The maximum atomic E-state index is 12.2. The van der Waals surface area contributed by atoms with Crippen molar-refractivity contribution in [3.05, 3.63) is 59.2 Å². The Kier molecular flexibility index (Phi) is 6.78. The number of carbonyl (C=O) groups is 2. The molecule has 0 heterocycles. The second-order valence-electron chi connectivity index (χ2n) is 6.39. The highest BCUT2D eigenvalue weighted by Gasteiger charge is 2.11. The highest BCUT2D eigenvalue weighted by atomic mass is 16.5. The minimum absolute atomic E-state index is 0.146. The lowest BCUT2D eigenvalue weighted by Crippen LogP contribution is -2.22. The van der Waals surface area contributed by atoms with Gasteiger partial charge in [-0.25, -0.2) is 4.79 Å². The summed E-state index contributed by atoms with van der Waals surface area (Å²) in [6, 6.07) is 12.8. The van der Waals surface area contributed by atoms with Gasteiger partial charge in [0.2, 0.25) is 5.91 Å². The number of rotatable bonds is 7. The third-order valence-corrected chi connectivity index (χ3v) is 4.03. The van der Waals surface area contributed by atoms with Gasteiger partial charge in [-0.2, -0.15) is 0 Å². The summed E-state index contributed by atoms with van der Waals surface area (Å²) in [6.45, 7) is 8.56. The highest BCUT2D eigenvalue weighted by molar-refractivity contribution is 5.95. The minimum atomic E-state index is -0.368. The second-order valence-corrected chi connectivity index (χ2v) is 6.39. The van der Waals surface area contributed by atoms with Crippen molar-refractivity contribution < 1.29 is 14.3 Å². The summed E-state index contributed by atoms with van der Waals surface area (Å²) < 4.78 is 4.94. The fourth-order valence-corrected chi connectivity index (χ4v) is 2.69. The molecule has 0 aliphatic heterocycles. The molecule has 2 aromatic rings. The second kappa shape index (κ2) is 9.04. The van der Waals surface area contributed by atoms with Crippen LogP contribution in [0.2, 0.25) is 0 Å². The first-order valence-corrected chi connectivity index (χ1v) is 8.82. The number of benzene rings is 2. The molecule has 5 nitrogen and oxygen atoms in total. The predicted molar refractivity (Wildman–Crippen MR) is 105 cm³/mol. The van der Waals surface area contributed by atoms with Crippen molar-refractivity contribution in [3.8, 4) is 0 Å². The molecule has 2 N–H and O–H groups in total. The molecule has 0 bridgehead atoms. The SMILES string of the molecule is CCOC(=O)c1ccc(NC(=O)CNc2c(C)cccc2C(C)C)cc1. The maximum Gasteiger partial charge on any atom is 0.338 e. The average molecular weight is 354 g/mol. The van der Waals surface area contributed by atoms with E-state index in [0.29, 0.717) is 23.8 Å². The normalized spacial score (nSPS) is 10.5. The molecule has 0 unspecified atom stereocenters. The monoisotopic (exact) mass is 354 g/mol. The van der Waals surface area contributed by atoms with Gasteiger partial charge in [0.25, 0.3) is 0 Å². The number of aryl methyl sites for hydroxylation is 1. The Morgan fingerprint density at radius 2 is 1.77 bits per heavy atom. The molecule has 26 heavy (non-hydrogen) atoms. The lowest BCUT2D eigenvalue weighted by Gasteiger charge is -2.17. The Morgan fingerprint density at radius 3 is 2.38 bits per heavy atom. The van der Waals surface area contributed by atoms with E-state index < -0.39 is 0 Å². The fraction of sp³-hybridized carbons (Fsp3) is 0.333. The van der Waals surface area contributed by atoms with Crippen molar-refractivity contribution in [1.29, 1.82) is 0 Å². The van der Waals surface area contributed by atoms with Gasteiger partial charge >= 0.3 is 5.97 Å². The number of amides is 1. The van der Waals surface area contributed by atoms with E-state index in [4.69, 9.17) is 4.74 Å². The molecule has 0 fully saturated rings. The molecule has 0 saturated heterocycles. The molecule has 0 saturated carbocycles. The van der Waals surface area contributed by atoms with Gasteiger partial charge in [0.05, 0.1) is 18.7 Å². The maximum absolute atomic E-state index is 12.2. The molecular formula is C21H26N2O3. The number of anilines is 2. The van der Waals surface area contributed by atoms with Gasteiger partial charge in [0, 0.05) is 11.4 Å². The predicted octanol–water partition coefficient (Wildman–Crippen LogP) is 4.35. The molecule has 0 aliphatic rings. The first-order valence-electron chi connectivity index (χ1n) is 8.82. The van der Waals surface area contributed by atoms with Crippen LogP contribution in [-0.4, -0.2) is 25.0 Å². The third kappa shape index (κ3) is 5.09. The third-order valence-electron chi connectivity index (χ3n) is 4.03. The van der Waals surface area contributed by atoms with Gasteiger partial charge < -0.3 is 15.4 Å². The lowest BCUT2D eigenvalue weighted by atomic mass is 9.98. The first kappa shape index (κ1) is 19.5. The number of hydrogen-bond donors (Lipinski definition) is 2. The van der Waals surface area contributed by atoms with E-state index in [9.17, 15) is 9.59 Å². The zero-order valence-corrected chi connectivity index (χ0v) is 15.8. The van der Waals surface area contributed by atoms with E-state index in [2.05, 4.69) is 30.5 Å². The van der Waals surface area contributed by atoms with E-state index in [-0.39, 0.29) is 18.4 Å². The molecule has 0 spiro atoms. The number of esters is 1. The van der Waals surface area contributed by atoms with Crippen molar-refractivity contribution in [2.45, 2.75) is 33.6 Å². The van der Waals surface area contributed by atoms with Gasteiger partial charge in [-0.1, -0.05) is 32.0 Å². The Balaban J connectivity index is 1.97. The van der Waals surface area contributed by atoms with Gasteiger partial charge in [-0.05, 0) is 55.2 Å². The van der Waals surface area contributed by atoms with Gasteiger partial charge in [0.1, 0.15) is 0 Å². The summed E-state index contributed by atoms with van der Waals surface area (Å²) in [5.74, 6) is -0.143. The summed E-state index contributed by atoms with van der Waals surface area (Å²) in [6.07, 6.45) is 0. The lowest BCUT2D eigenvalue weighted by molar-refractivity contribution is -0.114. The molecule has 0 atom stereocenters. The van der Waals surface area contributed by atoms with Crippen LogP contribution in [0.15, 0.2) is 42.5 Å². The summed E-state index contributed by atoms with van der Waals surface area (Å²) >= 11 is 0. The molecule has 1 amide bonds. The summed E-state index contributed by atoms with van der Waals surface area (Å²) in [4.78, 5) is 23.9. The zero-order chi connectivity index (χ0) is 19.1. The van der Waals surface area contributed by atoms with Crippen LogP contribution in [0.5, 0.6) is 0 Å². The fourth-order valence-electron chi connectivity index (χ4n) is 2.69. The van der Waals surface area contributed by atoms with Crippen LogP contribution >= 0.6 is 0 Å². The molecule has 0 aromatic heterocycles. The number of carbonyl (C=O) groups excluding carboxylic acids is 2. The average Bonchev–Trinajstić information content (AvgIpc) is 2.61. The number of ether oxygens (including phenoxy) is 1. The van der Waals surface area contributed by atoms with Crippen molar-refractivity contribution in [2.75, 3.05) is 23.8 Å². The number of nitrogens with one attached hydrogen (secondary N) is 2. The number of hydrogen-bond acceptors (Lipinski definition) is 4. The van der Waals surface area contributed by atoms with Gasteiger partial charge in [0.15, 0.2) is 0 Å². The van der Waals surface area contributed by atoms with Crippen LogP contribution in [0, 0.1) is 6.92 Å². The summed E-state index contributed by atoms with van der Waals surface area (Å²) in [7, 11) is 0. The van der Waals surface area contributed by atoms with Crippen molar-refractivity contribution in [1.82, 2.24) is 0 Å². The Bertz CT molecular complexity index is 767. The van der Waals surface area contributed by atoms with Crippen LogP contribution in [0.4, 0.5) is 11.4 Å². The quantitative estimate of drug-likeness (QED) is 0.726. The van der Waals surface area contributed by atoms with Crippen LogP contribution in [0.25, 0.3) is 0 Å². The highest BCUT2D eigenvalue weighted by Crippen LogP contribution is 2.27. The first-order chi connectivity index (χ1) is 12.4.